The number of hydrogen-bond donors (Lipinski definition) is 2. The quantitative estimate of drug-likeness (QED) is 0.610. The van der Waals surface area contributed by atoms with E-state index < -0.39 is 0 Å². The van der Waals surface area contributed by atoms with Crippen molar-refractivity contribution in [2.24, 2.45) is 5.92 Å². The highest BCUT2D eigenvalue weighted by Gasteiger charge is 2.33. The van der Waals surface area contributed by atoms with Crippen LogP contribution in [-0.4, -0.2) is 51.6 Å². The second-order valence-corrected chi connectivity index (χ2v) is 10.5. The SMILES string of the molecule is Cc1cc(-c2ccncc2N2CC3CNC(C3)C2)ccc1CNC(=O)c1cn(C(C)(C)C)nn1. The highest BCUT2D eigenvalue weighted by atomic mass is 16.2. The molecule has 1 amide bonds. The average molecular weight is 460 g/mol. The standard InChI is InChI=1S/C26H33N7O/c1-17-9-19(22-7-8-27-13-24(22)32-14-18-10-21(15-32)28-11-18)5-6-20(17)12-29-25(34)23-16-33(31-30-23)26(2,3)4/h5-9,13,16,18,21,28H,10-12,14-15H2,1-4H3,(H,29,34). The molecule has 2 unspecified atom stereocenters. The van der Waals surface area contributed by atoms with Crippen LogP contribution in [0.25, 0.3) is 11.1 Å². The van der Waals surface area contributed by atoms with Crippen molar-refractivity contribution in [3.8, 4) is 11.1 Å². The Balaban J connectivity index is 1.30. The first-order valence-electron chi connectivity index (χ1n) is 12.0. The lowest BCUT2D eigenvalue weighted by Gasteiger charge is -2.34. The summed E-state index contributed by atoms with van der Waals surface area (Å²) in [6.45, 7) is 11.8. The normalized spacial score (nSPS) is 19.9. The van der Waals surface area contributed by atoms with Gasteiger partial charge in [-0.2, -0.15) is 0 Å². The Hall–Kier alpha value is -3.26. The number of aromatic nitrogens is 4. The maximum absolute atomic E-state index is 12.6. The number of hydrogen-bond acceptors (Lipinski definition) is 6. The first-order chi connectivity index (χ1) is 16.3. The van der Waals surface area contributed by atoms with Crippen LogP contribution in [0.3, 0.4) is 0 Å². The van der Waals surface area contributed by atoms with Crippen LogP contribution < -0.4 is 15.5 Å². The van der Waals surface area contributed by atoms with E-state index in [0.29, 0.717) is 24.2 Å². The summed E-state index contributed by atoms with van der Waals surface area (Å²) in [5.74, 6) is 0.494. The minimum absolute atomic E-state index is 0.214. The van der Waals surface area contributed by atoms with E-state index in [1.54, 1.807) is 10.9 Å². The van der Waals surface area contributed by atoms with Crippen molar-refractivity contribution in [3.63, 3.8) is 0 Å². The van der Waals surface area contributed by atoms with Crippen LogP contribution in [0, 0.1) is 12.8 Å². The molecule has 0 radical (unpaired) electrons. The van der Waals surface area contributed by atoms with Crippen molar-refractivity contribution in [1.29, 1.82) is 0 Å². The number of aryl methyl sites for hydroxylation is 1. The molecule has 2 aliphatic rings. The number of nitrogens with one attached hydrogen (secondary N) is 2. The summed E-state index contributed by atoms with van der Waals surface area (Å²) in [6, 6.07) is 9.12. The summed E-state index contributed by atoms with van der Waals surface area (Å²) in [7, 11) is 0. The molecule has 2 N–H and O–H groups in total. The van der Waals surface area contributed by atoms with Crippen molar-refractivity contribution in [1.82, 2.24) is 30.6 Å². The van der Waals surface area contributed by atoms with Gasteiger partial charge in [-0.1, -0.05) is 23.4 Å². The van der Waals surface area contributed by atoms with E-state index in [1.165, 1.54) is 23.2 Å². The Morgan fingerprint density at radius 2 is 2.09 bits per heavy atom. The third kappa shape index (κ3) is 4.55. The Morgan fingerprint density at radius 3 is 2.82 bits per heavy atom. The van der Waals surface area contributed by atoms with E-state index in [9.17, 15) is 4.79 Å². The van der Waals surface area contributed by atoms with Gasteiger partial charge in [-0.15, -0.1) is 5.10 Å². The first kappa shape index (κ1) is 22.5. The molecule has 1 aromatic carbocycles. The summed E-state index contributed by atoms with van der Waals surface area (Å²) in [5.41, 5.74) is 5.90. The lowest BCUT2D eigenvalue weighted by molar-refractivity contribution is 0.0945. The Labute approximate surface area is 200 Å². The predicted molar refractivity (Wildman–Crippen MR) is 133 cm³/mol. The van der Waals surface area contributed by atoms with Crippen LogP contribution in [0.2, 0.25) is 0 Å². The van der Waals surface area contributed by atoms with Crippen LogP contribution in [0.1, 0.15) is 48.8 Å². The fraction of sp³-hybridized carbons (Fsp3) is 0.462. The summed E-state index contributed by atoms with van der Waals surface area (Å²) in [5, 5.41) is 14.7. The second kappa shape index (κ2) is 8.83. The van der Waals surface area contributed by atoms with Gasteiger partial charge in [0.1, 0.15) is 0 Å². The summed E-state index contributed by atoms with van der Waals surface area (Å²) in [6.07, 6.45) is 6.83. The van der Waals surface area contributed by atoms with Crippen LogP contribution in [0.4, 0.5) is 5.69 Å². The van der Waals surface area contributed by atoms with Gasteiger partial charge in [-0.3, -0.25) is 9.78 Å². The molecular formula is C26H33N7O. The zero-order chi connectivity index (χ0) is 23.9. The van der Waals surface area contributed by atoms with E-state index in [1.807, 2.05) is 33.2 Å². The number of benzene rings is 1. The highest BCUT2D eigenvalue weighted by Crippen LogP contribution is 2.34. The number of piperidine rings is 1. The van der Waals surface area contributed by atoms with Gasteiger partial charge in [-0.05, 0) is 62.8 Å². The van der Waals surface area contributed by atoms with Gasteiger partial charge in [0.25, 0.3) is 5.91 Å². The monoisotopic (exact) mass is 459 g/mol. The number of carbonyl (C=O) groups excluding carboxylic acids is 1. The Kier molecular flexibility index (Phi) is 5.85. The van der Waals surface area contributed by atoms with Gasteiger partial charge in [-0.25, -0.2) is 4.68 Å². The van der Waals surface area contributed by atoms with Crippen molar-refractivity contribution < 1.29 is 4.79 Å². The van der Waals surface area contributed by atoms with E-state index >= 15 is 0 Å². The van der Waals surface area contributed by atoms with E-state index in [4.69, 9.17) is 0 Å². The van der Waals surface area contributed by atoms with Crippen molar-refractivity contribution >= 4 is 11.6 Å². The number of fused-ring (bicyclic) bond motifs is 2. The van der Waals surface area contributed by atoms with Crippen molar-refractivity contribution in [3.05, 3.63) is 59.7 Å². The van der Waals surface area contributed by atoms with Gasteiger partial charge in [0.05, 0.1) is 23.6 Å². The number of amides is 1. The number of pyridine rings is 1. The number of anilines is 1. The molecule has 2 atom stereocenters. The zero-order valence-corrected chi connectivity index (χ0v) is 20.4. The molecule has 0 saturated carbocycles. The molecule has 2 bridgehead atoms. The molecule has 0 aliphatic carbocycles. The van der Waals surface area contributed by atoms with Gasteiger partial charge < -0.3 is 15.5 Å². The van der Waals surface area contributed by atoms with Gasteiger partial charge in [0, 0.05) is 44.0 Å². The molecule has 34 heavy (non-hydrogen) atoms. The molecule has 4 heterocycles. The number of nitrogens with zero attached hydrogens (tertiary/aromatic N) is 5. The van der Waals surface area contributed by atoms with Gasteiger partial charge in [0.15, 0.2) is 5.69 Å². The van der Waals surface area contributed by atoms with Crippen LogP contribution in [0.15, 0.2) is 42.9 Å². The molecule has 2 aromatic heterocycles. The third-order valence-electron chi connectivity index (χ3n) is 6.88. The second-order valence-electron chi connectivity index (χ2n) is 10.5. The molecular weight excluding hydrogens is 426 g/mol. The first-order valence-corrected chi connectivity index (χ1v) is 12.0. The van der Waals surface area contributed by atoms with Gasteiger partial charge in [0.2, 0.25) is 0 Å². The topological polar surface area (TPSA) is 88.0 Å². The maximum Gasteiger partial charge on any atom is 0.273 e. The highest BCUT2D eigenvalue weighted by molar-refractivity contribution is 5.91. The minimum atomic E-state index is -0.219. The number of rotatable bonds is 5. The van der Waals surface area contributed by atoms with Crippen LogP contribution >= 0.6 is 0 Å². The predicted octanol–water partition coefficient (Wildman–Crippen LogP) is 3.13. The molecule has 8 heteroatoms. The van der Waals surface area contributed by atoms with E-state index in [2.05, 4.69) is 62.0 Å². The van der Waals surface area contributed by atoms with E-state index in [0.717, 1.165) is 30.8 Å². The molecule has 2 saturated heterocycles. The van der Waals surface area contributed by atoms with Crippen molar-refractivity contribution in [2.45, 2.75) is 52.2 Å². The smallest absolute Gasteiger partial charge is 0.273 e. The molecule has 178 valence electrons. The third-order valence-corrected chi connectivity index (χ3v) is 6.88. The fourth-order valence-electron chi connectivity index (χ4n) is 4.94. The summed E-state index contributed by atoms with van der Waals surface area (Å²) < 4.78 is 1.71. The molecule has 2 aliphatic heterocycles. The van der Waals surface area contributed by atoms with Crippen LogP contribution in [-0.2, 0) is 12.1 Å². The number of carbonyl (C=O) groups is 1. The zero-order valence-electron chi connectivity index (χ0n) is 20.4. The largest absolute Gasteiger partial charge is 0.368 e. The van der Waals surface area contributed by atoms with E-state index in [-0.39, 0.29) is 11.4 Å². The molecule has 0 spiro atoms. The fourth-order valence-corrected chi connectivity index (χ4v) is 4.94. The lowest BCUT2D eigenvalue weighted by atomic mass is 9.96. The molecule has 3 aromatic rings. The molecule has 8 nitrogen and oxygen atoms in total. The molecule has 5 rings (SSSR count). The summed E-state index contributed by atoms with van der Waals surface area (Å²) >= 11 is 0. The minimum Gasteiger partial charge on any atom is -0.368 e. The Bertz CT molecular complexity index is 1180. The summed E-state index contributed by atoms with van der Waals surface area (Å²) in [4.78, 5) is 19.5. The molecule has 2 fully saturated rings. The van der Waals surface area contributed by atoms with Crippen molar-refractivity contribution in [2.75, 3.05) is 24.5 Å². The lowest BCUT2D eigenvalue weighted by Crippen LogP contribution is -2.41. The average Bonchev–Trinajstić information content (AvgIpc) is 3.45. The van der Waals surface area contributed by atoms with Crippen LogP contribution in [0.5, 0.6) is 0 Å². The maximum atomic E-state index is 12.6. The van der Waals surface area contributed by atoms with Gasteiger partial charge >= 0.3 is 0 Å². The Morgan fingerprint density at radius 1 is 1.24 bits per heavy atom.